The van der Waals surface area contributed by atoms with Crippen LogP contribution in [0.1, 0.15) is 0 Å². The minimum atomic E-state index is -3.36. The second-order valence-electron chi connectivity index (χ2n) is 1.37. The van der Waals surface area contributed by atoms with Crippen molar-refractivity contribution in [1.29, 1.82) is 0 Å². The molecule has 0 saturated heterocycles. The van der Waals surface area contributed by atoms with Crippen LogP contribution in [-0.2, 0) is 10.0 Å². The van der Waals surface area contributed by atoms with E-state index in [0.717, 1.165) is 18.0 Å². The van der Waals surface area contributed by atoms with Gasteiger partial charge in [0.05, 0.1) is 6.26 Å². The monoisotopic (exact) mass is 169 g/mol. The highest BCUT2D eigenvalue weighted by Crippen LogP contribution is 1.93. The molecule has 0 rings (SSSR count). The van der Waals surface area contributed by atoms with Crippen molar-refractivity contribution < 1.29 is 13.2 Å². The number of amides is 1. The van der Waals surface area contributed by atoms with Gasteiger partial charge in [0.1, 0.15) is 0 Å². The van der Waals surface area contributed by atoms with E-state index in [1.165, 1.54) is 6.26 Å². The molecule has 0 unspecified atom stereocenters. The minimum Gasteiger partial charge on any atom is -0.261 e. The van der Waals surface area contributed by atoms with Crippen LogP contribution in [0.3, 0.4) is 0 Å². The standard InChI is InChI=1S/C3H7NO3S2/c1-8-3(5)4-9(2,6)7/h1-2H3,(H,4,5). The van der Waals surface area contributed by atoms with E-state index < -0.39 is 15.3 Å². The zero-order chi connectivity index (χ0) is 7.49. The molecule has 1 amide bonds. The maximum atomic E-state index is 10.3. The van der Waals surface area contributed by atoms with Crippen LogP contribution in [0.2, 0.25) is 0 Å². The van der Waals surface area contributed by atoms with Gasteiger partial charge in [-0.3, -0.25) is 4.79 Å². The second kappa shape index (κ2) is 3.07. The molecule has 0 radical (unpaired) electrons. The quantitative estimate of drug-likeness (QED) is 0.601. The van der Waals surface area contributed by atoms with Crippen molar-refractivity contribution >= 4 is 27.0 Å². The Balaban J connectivity index is 3.91. The summed E-state index contributed by atoms with van der Waals surface area (Å²) in [5.74, 6) is 0. The van der Waals surface area contributed by atoms with Crippen LogP contribution >= 0.6 is 11.8 Å². The van der Waals surface area contributed by atoms with Crippen LogP contribution in [0.15, 0.2) is 0 Å². The van der Waals surface area contributed by atoms with E-state index in [1.54, 1.807) is 4.72 Å². The lowest BCUT2D eigenvalue weighted by atomic mass is 11.4. The number of hydrogen-bond acceptors (Lipinski definition) is 4. The van der Waals surface area contributed by atoms with E-state index in [-0.39, 0.29) is 0 Å². The highest BCUT2D eigenvalue weighted by atomic mass is 32.2. The zero-order valence-electron chi connectivity index (χ0n) is 5.04. The van der Waals surface area contributed by atoms with E-state index in [2.05, 4.69) is 0 Å². The lowest BCUT2D eigenvalue weighted by Gasteiger charge is -1.95. The molecule has 0 fully saturated rings. The molecule has 0 aromatic heterocycles. The average Bonchev–Trinajstić information content (AvgIpc) is 1.62. The lowest BCUT2D eigenvalue weighted by Crippen LogP contribution is -2.25. The molecule has 6 heteroatoms. The fourth-order valence-corrected chi connectivity index (χ4v) is 1.28. The second-order valence-corrected chi connectivity index (χ2v) is 3.89. The topological polar surface area (TPSA) is 63.2 Å². The molecule has 0 aliphatic rings. The van der Waals surface area contributed by atoms with Crippen molar-refractivity contribution in [2.45, 2.75) is 0 Å². The summed E-state index contributed by atoms with van der Waals surface area (Å²) in [5, 5.41) is -0.558. The summed E-state index contributed by atoms with van der Waals surface area (Å²) >= 11 is 0.822. The van der Waals surface area contributed by atoms with Gasteiger partial charge in [0.2, 0.25) is 10.0 Å². The first-order chi connectivity index (χ1) is 3.95. The number of hydrogen-bond donors (Lipinski definition) is 1. The first-order valence-corrected chi connectivity index (χ1v) is 5.13. The Labute approximate surface area is 58.1 Å². The lowest BCUT2D eigenvalue weighted by molar-refractivity contribution is 0.265. The number of carbonyl (C=O) groups excluding carboxylic acids is 1. The van der Waals surface area contributed by atoms with Crippen LogP contribution in [0.4, 0.5) is 4.79 Å². The summed E-state index contributed by atoms with van der Waals surface area (Å²) in [6.45, 7) is 0. The molecule has 54 valence electrons. The SMILES string of the molecule is CSC(=O)NS(C)(=O)=O. The van der Waals surface area contributed by atoms with Crippen LogP contribution in [0, 0.1) is 0 Å². The Bertz CT molecular complexity index is 195. The smallest absolute Gasteiger partial charge is 0.261 e. The first kappa shape index (κ1) is 8.77. The Kier molecular flexibility index (Phi) is 2.99. The molecule has 0 atom stereocenters. The van der Waals surface area contributed by atoms with Gasteiger partial charge in [-0.25, -0.2) is 13.1 Å². The summed E-state index contributed by atoms with van der Waals surface area (Å²) in [5.41, 5.74) is 0. The van der Waals surface area contributed by atoms with Crippen LogP contribution in [-0.4, -0.2) is 26.2 Å². The fourth-order valence-electron chi connectivity index (χ4n) is 0.193. The van der Waals surface area contributed by atoms with Gasteiger partial charge in [-0.05, 0) is 6.26 Å². The number of sulfonamides is 1. The Hall–Kier alpha value is -0.230. The minimum absolute atomic E-state index is 0.558. The van der Waals surface area contributed by atoms with Gasteiger partial charge < -0.3 is 0 Å². The van der Waals surface area contributed by atoms with Crippen molar-refractivity contribution in [3.8, 4) is 0 Å². The van der Waals surface area contributed by atoms with Crippen LogP contribution < -0.4 is 4.72 Å². The molecule has 0 heterocycles. The first-order valence-electron chi connectivity index (χ1n) is 2.01. The van der Waals surface area contributed by atoms with Crippen molar-refractivity contribution in [3.05, 3.63) is 0 Å². The highest BCUT2D eigenvalue weighted by Gasteiger charge is 2.04. The largest absolute Gasteiger partial charge is 0.292 e. The molecule has 0 aromatic rings. The summed E-state index contributed by atoms with van der Waals surface area (Å²) in [6, 6.07) is 0. The molecular formula is C3H7NO3S2. The van der Waals surface area contributed by atoms with Gasteiger partial charge in [-0.1, -0.05) is 11.8 Å². The number of thioether (sulfide) groups is 1. The number of rotatable bonds is 1. The van der Waals surface area contributed by atoms with Gasteiger partial charge in [0.15, 0.2) is 0 Å². The third-order valence-corrected chi connectivity index (χ3v) is 1.61. The molecule has 0 aliphatic heterocycles. The molecule has 0 bridgehead atoms. The van der Waals surface area contributed by atoms with Crippen molar-refractivity contribution in [1.82, 2.24) is 4.72 Å². The zero-order valence-corrected chi connectivity index (χ0v) is 6.67. The molecule has 9 heavy (non-hydrogen) atoms. The molecule has 0 aliphatic carbocycles. The van der Waals surface area contributed by atoms with E-state index in [4.69, 9.17) is 0 Å². The predicted molar refractivity (Wildman–Crippen MR) is 36.9 cm³/mol. The molecule has 1 N–H and O–H groups in total. The van der Waals surface area contributed by atoms with E-state index in [0.29, 0.717) is 0 Å². The van der Waals surface area contributed by atoms with E-state index >= 15 is 0 Å². The van der Waals surface area contributed by atoms with Gasteiger partial charge in [0, 0.05) is 0 Å². The van der Waals surface area contributed by atoms with Crippen LogP contribution in [0.25, 0.3) is 0 Å². The molecular weight excluding hydrogens is 162 g/mol. The Morgan fingerprint density at radius 2 is 2.00 bits per heavy atom. The number of nitrogens with one attached hydrogen (secondary N) is 1. The number of carbonyl (C=O) groups is 1. The highest BCUT2D eigenvalue weighted by molar-refractivity contribution is 8.14. The predicted octanol–water partition coefficient (Wildman–Crippen LogP) is 0.0186. The van der Waals surface area contributed by atoms with Crippen molar-refractivity contribution in [2.75, 3.05) is 12.5 Å². The van der Waals surface area contributed by atoms with Crippen LogP contribution in [0.5, 0.6) is 0 Å². The summed E-state index contributed by atoms with van der Waals surface area (Å²) in [4.78, 5) is 10.3. The van der Waals surface area contributed by atoms with Gasteiger partial charge in [0.25, 0.3) is 5.24 Å². The van der Waals surface area contributed by atoms with Gasteiger partial charge in [-0.15, -0.1) is 0 Å². The Morgan fingerprint density at radius 1 is 1.56 bits per heavy atom. The van der Waals surface area contributed by atoms with Crippen molar-refractivity contribution in [2.24, 2.45) is 0 Å². The fraction of sp³-hybridized carbons (Fsp3) is 0.667. The van der Waals surface area contributed by atoms with Gasteiger partial charge >= 0.3 is 0 Å². The molecule has 0 saturated carbocycles. The third-order valence-electron chi connectivity index (χ3n) is 0.454. The Morgan fingerprint density at radius 3 is 2.11 bits per heavy atom. The third kappa shape index (κ3) is 5.64. The molecule has 0 aromatic carbocycles. The molecule has 4 nitrogen and oxygen atoms in total. The maximum absolute atomic E-state index is 10.3. The average molecular weight is 169 g/mol. The summed E-state index contributed by atoms with van der Waals surface area (Å²) in [6.07, 6.45) is 2.43. The molecule has 0 spiro atoms. The van der Waals surface area contributed by atoms with E-state index in [9.17, 15) is 13.2 Å². The summed E-state index contributed by atoms with van der Waals surface area (Å²) in [7, 11) is -3.36. The maximum Gasteiger partial charge on any atom is 0.292 e. The van der Waals surface area contributed by atoms with E-state index in [1.807, 2.05) is 0 Å². The summed E-state index contributed by atoms with van der Waals surface area (Å²) < 4.78 is 22.3. The van der Waals surface area contributed by atoms with Crippen molar-refractivity contribution in [3.63, 3.8) is 0 Å². The normalized spacial score (nSPS) is 10.9. The van der Waals surface area contributed by atoms with Gasteiger partial charge in [-0.2, -0.15) is 0 Å².